The van der Waals surface area contributed by atoms with Crippen molar-refractivity contribution in [3.63, 3.8) is 0 Å². The van der Waals surface area contributed by atoms with E-state index in [9.17, 15) is 4.79 Å². The summed E-state index contributed by atoms with van der Waals surface area (Å²) in [5, 5.41) is 0.505. The second kappa shape index (κ2) is 9.12. The molecule has 0 bridgehead atoms. The van der Waals surface area contributed by atoms with Crippen LogP contribution in [-0.2, 0) is 6.54 Å². The van der Waals surface area contributed by atoms with E-state index >= 15 is 0 Å². The highest BCUT2D eigenvalue weighted by Gasteiger charge is 2.31. The number of benzene rings is 3. The molecule has 1 saturated heterocycles. The van der Waals surface area contributed by atoms with Crippen LogP contribution in [0.4, 0.5) is 0 Å². The average molecular weight is 470 g/mol. The smallest absolute Gasteiger partial charge is 0.255 e. The molecule has 0 aromatic heterocycles. The van der Waals surface area contributed by atoms with Crippen molar-refractivity contribution in [1.82, 2.24) is 9.80 Å². The van der Waals surface area contributed by atoms with Crippen LogP contribution in [0.25, 0.3) is 0 Å². The Kier molecular flexibility index (Phi) is 6.34. The first-order valence-electron chi connectivity index (χ1n) is 9.69. The van der Waals surface area contributed by atoms with Gasteiger partial charge in [-0.25, -0.2) is 0 Å². The molecule has 3 aromatic rings. The largest absolute Gasteiger partial charge is 0.335 e. The highest BCUT2D eigenvalue weighted by Crippen LogP contribution is 2.29. The molecule has 1 heterocycles. The predicted molar refractivity (Wildman–Crippen MR) is 121 cm³/mol. The number of rotatable bonds is 4. The fraction of sp³-hybridized carbons (Fsp3) is 0.208. The van der Waals surface area contributed by atoms with Gasteiger partial charge in [0.05, 0.1) is 16.6 Å². The molecule has 29 heavy (non-hydrogen) atoms. The number of hydrogen-bond donors (Lipinski definition) is 0. The summed E-state index contributed by atoms with van der Waals surface area (Å²) >= 11 is 9.84. The molecule has 3 aromatic carbocycles. The van der Waals surface area contributed by atoms with Crippen LogP contribution < -0.4 is 0 Å². The van der Waals surface area contributed by atoms with Gasteiger partial charge in [-0.2, -0.15) is 0 Å². The van der Waals surface area contributed by atoms with Crippen molar-refractivity contribution in [3.8, 4) is 0 Å². The first-order valence-corrected chi connectivity index (χ1v) is 10.9. The predicted octanol–water partition coefficient (Wildman–Crippen LogP) is 5.80. The summed E-state index contributed by atoms with van der Waals surface area (Å²) in [7, 11) is 0. The summed E-state index contributed by atoms with van der Waals surface area (Å²) in [6, 6.07) is 26.2. The van der Waals surface area contributed by atoms with Crippen molar-refractivity contribution in [3.05, 3.63) is 105 Å². The Morgan fingerprint density at radius 3 is 2.48 bits per heavy atom. The SMILES string of the molecule is O=C(c1ccccc1Cl)N1CCN(Cc2cccc(Br)c2)C(c2ccccc2)C1. The summed E-state index contributed by atoms with van der Waals surface area (Å²) < 4.78 is 1.08. The van der Waals surface area contributed by atoms with Crippen molar-refractivity contribution in [2.24, 2.45) is 0 Å². The minimum Gasteiger partial charge on any atom is -0.335 e. The standard InChI is InChI=1S/C24H22BrClN2O/c25-20-10-6-7-18(15-20)16-27-13-14-28(17-23(27)19-8-2-1-3-9-19)24(29)21-11-4-5-12-22(21)26/h1-12,15,23H,13-14,16-17H2. The summed E-state index contributed by atoms with van der Waals surface area (Å²) in [4.78, 5) is 17.5. The Balaban J connectivity index is 1.59. The molecule has 1 aliphatic heterocycles. The third-order valence-electron chi connectivity index (χ3n) is 5.34. The zero-order valence-electron chi connectivity index (χ0n) is 16.0. The van der Waals surface area contributed by atoms with Crippen molar-refractivity contribution in [1.29, 1.82) is 0 Å². The van der Waals surface area contributed by atoms with Crippen LogP contribution in [0.5, 0.6) is 0 Å². The number of piperazine rings is 1. The Morgan fingerprint density at radius 1 is 0.966 bits per heavy atom. The van der Waals surface area contributed by atoms with Gasteiger partial charge in [-0.1, -0.05) is 82.1 Å². The number of nitrogens with zero attached hydrogens (tertiary/aromatic N) is 2. The van der Waals surface area contributed by atoms with Crippen LogP contribution in [-0.4, -0.2) is 35.3 Å². The van der Waals surface area contributed by atoms with Crippen LogP contribution in [0.2, 0.25) is 5.02 Å². The van der Waals surface area contributed by atoms with E-state index in [0.717, 1.165) is 17.6 Å². The van der Waals surface area contributed by atoms with E-state index in [2.05, 4.69) is 63.3 Å². The third kappa shape index (κ3) is 4.72. The van der Waals surface area contributed by atoms with Crippen molar-refractivity contribution in [2.45, 2.75) is 12.6 Å². The van der Waals surface area contributed by atoms with E-state index in [4.69, 9.17) is 11.6 Å². The lowest BCUT2D eigenvalue weighted by atomic mass is 10.0. The zero-order valence-corrected chi connectivity index (χ0v) is 18.3. The molecule has 4 rings (SSSR count). The van der Waals surface area contributed by atoms with Gasteiger partial charge in [0, 0.05) is 30.7 Å². The molecule has 0 aliphatic carbocycles. The second-order valence-corrected chi connectivity index (χ2v) is 8.58. The molecule has 3 nitrogen and oxygen atoms in total. The lowest BCUT2D eigenvalue weighted by Gasteiger charge is -2.42. The lowest BCUT2D eigenvalue weighted by Crippen LogP contribution is -2.50. The van der Waals surface area contributed by atoms with Gasteiger partial charge in [-0.3, -0.25) is 9.69 Å². The highest BCUT2D eigenvalue weighted by atomic mass is 79.9. The molecule has 1 fully saturated rings. The van der Waals surface area contributed by atoms with Gasteiger partial charge in [-0.05, 0) is 35.4 Å². The van der Waals surface area contributed by atoms with Crippen LogP contribution in [0.15, 0.2) is 83.3 Å². The van der Waals surface area contributed by atoms with Gasteiger partial charge < -0.3 is 4.90 Å². The minimum atomic E-state index is -0.00126. The fourth-order valence-electron chi connectivity index (χ4n) is 3.86. The van der Waals surface area contributed by atoms with E-state index in [1.54, 1.807) is 12.1 Å². The van der Waals surface area contributed by atoms with Gasteiger partial charge >= 0.3 is 0 Å². The quantitative estimate of drug-likeness (QED) is 0.482. The Morgan fingerprint density at radius 2 is 1.72 bits per heavy atom. The summed E-state index contributed by atoms with van der Waals surface area (Å²) in [5.41, 5.74) is 3.05. The van der Waals surface area contributed by atoms with Crippen molar-refractivity contribution >= 4 is 33.4 Å². The van der Waals surface area contributed by atoms with E-state index in [0.29, 0.717) is 23.7 Å². The molecule has 0 saturated carbocycles. The second-order valence-electron chi connectivity index (χ2n) is 7.26. The number of hydrogen-bond acceptors (Lipinski definition) is 2. The third-order valence-corrected chi connectivity index (χ3v) is 6.16. The normalized spacial score (nSPS) is 17.3. The molecule has 148 valence electrons. The average Bonchev–Trinajstić information content (AvgIpc) is 2.74. The van der Waals surface area contributed by atoms with Crippen molar-refractivity contribution in [2.75, 3.05) is 19.6 Å². The molecular weight excluding hydrogens is 448 g/mol. The number of carbonyl (C=O) groups is 1. The lowest BCUT2D eigenvalue weighted by molar-refractivity contribution is 0.0456. The topological polar surface area (TPSA) is 23.6 Å². The molecule has 1 unspecified atom stereocenters. The first-order chi connectivity index (χ1) is 14.1. The Bertz CT molecular complexity index is 995. The maximum atomic E-state index is 13.1. The number of amides is 1. The Hall–Kier alpha value is -2.14. The van der Waals surface area contributed by atoms with Crippen LogP contribution in [0.3, 0.4) is 0 Å². The summed E-state index contributed by atoms with van der Waals surface area (Å²) in [6.45, 7) is 2.97. The molecule has 0 spiro atoms. The number of halogens is 2. The summed E-state index contributed by atoms with van der Waals surface area (Å²) in [6.07, 6.45) is 0. The molecule has 5 heteroatoms. The van der Waals surface area contributed by atoms with E-state index in [1.807, 2.05) is 29.2 Å². The summed E-state index contributed by atoms with van der Waals surface area (Å²) in [5.74, 6) is -0.00126. The van der Waals surface area contributed by atoms with E-state index in [-0.39, 0.29) is 11.9 Å². The maximum absolute atomic E-state index is 13.1. The van der Waals surface area contributed by atoms with Gasteiger partial charge in [-0.15, -0.1) is 0 Å². The van der Waals surface area contributed by atoms with Crippen LogP contribution >= 0.6 is 27.5 Å². The zero-order chi connectivity index (χ0) is 20.2. The molecular formula is C24H22BrClN2O. The number of carbonyl (C=O) groups excluding carboxylic acids is 1. The monoisotopic (exact) mass is 468 g/mol. The Labute approximate surface area is 185 Å². The molecule has 1 amide bonds. The van der Waals surface area contributed by atoms with Crippen molar-refractivity contribution < 1.29 is 4.79 Å². The highest BCUT2D eigenvalue weighted by molar-refractivity contribution is 9.10. The minimum absolute atomic E-state index is 0.00126. The van der Waals surface area contributed by atoms with E-state index in [1.165, 1.54) is 11.1 Å². The van der Waals surface area contributed by atoms with Gasteiger partial charge in [0.25, 0.3) is 5.91 Å². The van der Waals surface area contributed by atoms with E-state index < -0.39 is 0 Å². The van der Waals surface area contributed by atoms with Gasteiger partial charge in [0.15, 0.2) is 0 Å². The van der Waals surface area contributed by atoms with Crippen LogP contribution in [0, 0.1) is 0 Å². The van der Waals surface area contributed by atoms with Gasteiger partial charge in [0.1, 0.15) is 0 Å². The fourth-order valence-corrected chi connectivity index (χ4v) is 4.52. The molecule has 0 N–H and O–H groups in total. The van der Waals surface area contributed by atoms with Crippen LogP contribution in [0.1, 0.15) is 27.5 Å². The molecule has 0 radical (unpaired) electrons. The molecule has 1 atom stereocenters. The maximum Gasteiger partial charge on any atom is 0.255 e. The molecule has 1 aliphatic rings. The first kappa shape index (κ1) is 20.1. The van der Waals surface area contributed by atoms with Gasteiger partial charge in [0.2, 0.25) is 0 Å².